The van der Waals surface area contributed by atoms with Crippen LogP contribution in [0.15, 0.2) is 36.5 Å². The molecule has 2 aromatic rings. The molecular weight excluding hydrogens is 386 g/mol. The SMILES string of the molecule is COc1cccnc1C(=O)CCC(=O)c1ccc2c(c1)OC(F)(F)C(F)(F)O2. The van der Waals surface area contributed by atoms with Gasteiger partial charge < -0.3 is 14.2 Å². The van der Waals surface area contributed by atoms with Gasteiger partial charge in [-0.25, -0.2) is 4.98 Å². The summed E-state index contributed by atoms with van der Waals surface area (Å²) in [7, 11) is 1.37. The number of pyridine rings is 1. The van der Waals surface area contributed by atoms with Crippen LogP contribution >= 0.6 is 0 Å². The van der Waals surface area contributed by atoms with Crippen LogP contribution in [0.1, 0.15) is 33.7 Å². The van der Waals surface area contributed by atoms with Gasteiger partial charge in [-0.15, -0.1) is 0 Å². The number of aromatic nitrogens is 1. The maximum Gasteiger partial charge on any atom is 0.507 e. The zero-order valence-corrected chi connectivity index (χ0v) is 14.4. The average molecular weight is 399 g/mol. The van der Waals surface area contributed by atoms with Gasteiger partial charge in [-0.2, -0.15) is 17.6 Å². The predicted molar refractivity (Wildman–Crippen MR) is 86.3 cm³/mol. The second-order valence-corrected chi connectivity index (χ2v) is 5.80. The molecule has 0 amide bonds. The fourth-order valence-electron chi connectivity index (χ4n) is 2.50. The van der Waals surface area contributed by atoms with Crippen molar-refractivity contribution in [3.63, 3.8) is 0 Å². The Morgan fingerprint density at radius 3 is 2.32 bits per heavy atom. The third kappa shape index (κ3) is 3.62. The molecule has 2 heterocycles. The van der Waals surface area contributed by atoms with E-state index >= 15 is 0 Å². The molecule has 1 aliphatic heterocycles. The van der Waals surface area contributed by atoms with Crippen molar-refractivity contribution < 1.29 is 41.4 Å². The number of Topliss-reactive ketones (excluding diaryl/α,β-unsaturated/α-hetero) is 2. The van der Waals surface area contributed by atoms with Gasteiger partial charge in [-0.3, -0.25) is 9.59 Å². The number of carbonyl (C=O) groups is 2. The Morgan fingerprint density at radius 2 is 1.64 bits per heavy atom. The first-order valence-corrected chi connectivity index (χ1v) is 7.98. The Balaban J connectivity index is 1.72. The Labute approximate surface area is 156 Å². The van der Waals surface area contributed by atoms with Crippen LogP contribution in [-0.2, 0) is 0 Å². The van der Waals surface area contributed by atoms with E-state index in [1.165, 1.54) is 13.3 Å². The van der Waals surface area contributed by atoms with Crippen LogP contribution in [-0.4, -0.2) is 35.9 Å². The first-order valence-electron chi connectivity index (χ1n) is 7.98. The smallest absolute Gasteiger partial charge is 0.494 e. The quantitative estimate of drug-likeness (QED) is 0.542. The molecule has 6 nitrogen and oxygen atoms in total. The molecule has 1 aromatic heterocycles. The van der Waals surface area contributed by atoms with Crippen molar-refractivity contribution in [3.8, 4) is 17.2 Å². The Bertz CT molecular complexity index is 932. The molecule has 0 radical (unpaired) electrons. The zero-order chi connectivity index (χ0) is 20.5. The number of ketones is 2. The minimum Gasteiger partial charge on any atom is -0.494 e. The maximum atomic E-state index is 13.3. The van der Waals surface area contributed by atoms with Crippen LogP contribution in [0.3, 0.4) is 0 Å². The van der Waals surface area contributed by atoms with Crippen molar-refractivity contribution in [3.05, 3.63) is 47.8 Å². The van der Waals surface area contributed by atoms with E-state index in [9.17, 15) is 27.2 Å². The lowest BCUT2D eigenvalue weighted by Crippen LogP contribution is -2.52. The van der Waals surface area contributed by atoms with Gasteiger partial charge in [0.05, 0.1) is 7.11 Å². The number of rotatable bonds is 6. The van der Waals surface area contributed by atoms with E-state index < -0.39 is 35.3 Å². The molecule has 0 spiro atoms. The molecule has 0 N–H and O–H groups in total. The van der Waals surface area contributed by atoms with Gasteiger partial charge in [0, 0.05) is 24.6 Å². The summed E-state index contributed by atoms with van der Waals surface area (Å²) >= 11 is 0. The van der Waals surface area contributed by atoms with Crippen molar-refractivity contribution in [2.24, 2.45) is 0 Å². The van der Waals surface area contributed by atoms with E-state index in [0.717, 1.165) is 18.2 Å². The van der Waals surface area contributed by atoms with Crippen molar-refractivity contribution in [1.82, 2.24) is 4.98 Å². The van der Waals surface area contributed by atoms with E-state index in [1.54, 1.807) is 12.1 Å². The topological polar surface area (TPSA) is 74.7 Å². The number of hydrogen-bond acceptors (Lipinski definition) is 6. The molecule has 1 aromatic carbocycles. The van der Waals surface area contributed by atoms with Crippen LogP contribution < -0.4 is 14.2 Å². The first kappa shape index (κ1) is 19.6. The molecule has 0 saturated heterocycles. The molecule has 0 aliphatic carbocycles. The lowest BCUT2D eigenvalue weighted by molar-refractivity contribution is -0.391. The van der Waals surface area contributed by atoms with Crippen molar-refractivity contribution in [2.75, 3.05) is 7.11 Å². The van der Waals surface area contributed by atoms with Crippen molar-refractivity contribution in [1.29, 1.82) is 0 Å². The van der Waals surface area contributed by atoms with Gasteiger partial charge >= 0.3 is 12.2 Å². The number of methoxy groups -OCH3 is 1. The van der Waals surface area contributed by atoms with Gasteiger partial charge in [-0.1, -0.05) is 0 Å². The molecule has 10 heteroatoms. The summed E-state index contributed by atoms with van der Waals surface area (Å²) in [6.45, 7) is 0. The van der Waals surface area contributed by atoms with Gasteiger partial charge in [0.1, 0.15) is 11.4 Å². The standard InChI is InChI=1S/C18H13F4NO5/c1-26-14-3-2-8-23-16(14)12(25)6-5-11(24)10-4-7-13-15(9-10)28-18(21,22)17(19,20)27-13/h2-4,7-9H,5-6H2,1H3. The highest BCUT2D eigenvalue weighted by Crippen LogP contribution is 2.47. The third-order valence-electron chi connectivity index (χ3n) is 3.91. The fourth-order valence-corrected chi connectivity index (χ4v) is 2.50. The number of fused-ring (bicyclic) bond motifs is 1. The van der Waals surface area contributed by atoms with Crippen LogP contribution in [0.4, 0.5) is 17.6 Å². The van der Waals surface area contributed by atoms with Gasteiger partial charge in [0.15, 0.2) is 23.1 Å². The maximum absolute atomic E-state index is 13.3. The largest absolute Gasteiger partial charge is 0.507 e. The first-order chi connectivity index (χ1) is 13.1. The molecule has 148 valence electrons. The third-order valence-corrected chi connectivity index (χ3v) is 3.91. The minimum atomic E-state index is -4.88. The van der Waals surface area contributed by atoms with Crippen LogP contribution in [0.25, 0.3) is 0 Å². The highest BCUT2D eigenvalue weighted by atomic mass is 19.3. The van der Waals surface area contributed by atoms with Crippen LogP contribution in [0.5, 0.6) is 17.2 Å². The Hall–Kier alpha value is -3.17. The molecule has 3 rings (SSSR count). The summed E-state index contributed by atoms with van der Waals surface area (Å²) in [5, 5.41) is 0. The molecule has 1 aliphatic rings. The Morgan fingerprint density at radius 1 is 1.00 bits per heavy atom. The molecule has 28 heavy (non-hydrogen) atoms. The molecule has 0 atom stereocenters. The Kier molecular flexibility index (Phi) is 4.97. The van der Waals surface area contributed by atoms with Crippen molar-refractivity contribution in [2.45, 2.75) is 25.1 Å². The zero-order valence-electron chi connectivity index (χ0n) is 14.4. The number of carbonyl (C=O) groups excluding carboxylic acids is 2. The number of benzene rings is 1. The normalized spacial score (nSPS) is 16.3. The summed E-state index contributed by atoms with van der Waals surface area (Å²) < 4.78 is 65.8. The summed E-state index contributed by atoms with van der Waals surface area (Å²) in [4.78, 5) is 28.4. The second-order valence-electron chi connectivity index (χ2n) is 5.80. The predicted octanol–water partition coefficient (Wildman–Crippen LogP) is 3.89. The molecule has 0 bridgehead atoms. The molecule has 0 saturated carbocycles. The summed E-state index contributed by atoms with van der Waals surface area (Å²) in [6.07, 6.45) is -8.79. The highest BCUT2D eigenvalue weighted by molar-refractivity contribution is 6.02. The number of ether oxygens (including phenoxy) is 3. The monoisotopic (exact) mass is 399 g/mol. The number of alkyl halides is 4. The minimum absolute atomic E-state index is 0.0573. The van der Waals surface area contributed by atoms with Crippen LogP contribution in [0, 0.1) is 0 Å². The van der Waals surface area contributed by atoms with Gasteiger partial charge in [0.25, 0.3) is 0 Å². The van der Waals surface area contributed by atoms with Gasteiger partial charge in [0.2, 0.25) is 0 Å². The van der Waals surface area contributed by atoms with E-state index in [1.807, 2.05) is 0 Å². The number of halogens is 4. The lowest BCUT2D eigenvalue weighted by Gasteiger charge is -2.31. The van der Waals surface area contributed by atoms with E-state index in [4.69, 9.17) is 4.74 Å². The lowest BCUT2D eigenvalue weighted by atomic mass is 10.0. The van der Waals surface area contributed by atoms with Crippen LogP contribution in [0.2, 0.25) is 0 Å². The summed E-state index contributed by atoms with van der Waals surface area (Å²) in [6, 6.07) is 6.03. The van der Waals surface area contributed by atoms with Gasteiger partial charge in [-0.05, 0) is 30.3 Å². The van der Waals surface area contributed by atoms with E-state index in [2.05, 4.69) is 14.5 Å². The molecular formula is C18H13F4NO5. The van der Waals surface area contributed by atoms with Crippen molar-refractivity contribution >= 4 is 11.6 Å². The highest BCUT2D eigenvalue weighted by Gasteiger charge is 2.65. The molecule has 0 fully saturated rings. The number of nitrogens with zero attached hydrogens (tertiary/aromatic N) is 1. The summed E-state index contributed by atoms with van der Waals surface area (Å²) in [5.41, 5.74) is -0.0361. The molecule has 0 unspecified atom stereocenters. The summed E-state index contributed by atoms with van der Waals surface area (Å²) in [5.74, 6) is -2.09. The number of hydrogen-bond donors (Lipinski definition) is 0. The fraction of sp³-hybridized carbons (Fsp3) is 0.278. The second kappa shape index (κ2) is 7.10. The van der Waals surface area contributed by atoms with E-state index in [-0.39, 0.29) is 29.8 Å². The van der Waals surface area contributed by atoms with E-state index in [0.29, 0.717) is 0 Å². The average Bonchev–Trinajstić information content (AvgIpc) is 2.65.